The number of nitrogens with zero attached hydrogens (tertiary/aromatic N) is 5. The molecule has 2 rings (SSSR count). The van der Waals surface area contributed by atoms with Crippen molar-refractivity contribution in [3.05, 3.63) is 37.2 Å². The molecule has 0 aliphatic heterocycles. The van der Waals surface area contributed by atoms with E-state index in [-0.39, 0.29) is 0 Å². The number of imidazole rings is 1. The zero-order chi connectivity index (χ0) is 12.1. The van der Waals surface area contributed by atoms with E-state index in [0.717, 1.165) is 24.7 Å². The predicted octanol–water partition coefficient (Wildman–Crippen LogP) is 0.852. The molecule has 0 fully saturated rings. The summed E-state index contributed by atoms with van der Waals surface area (Å²) in [5, 5.41) is 11.1. The molecule has 0 spiro atoms. The fraction of sp³-hybridized carbons (Fsp3) is 0.364. The molecule has 0 atom stereocenters. The predicted molar refractivity (Wildman–Crippen MR) is 65.6 cm³/mol. The quantitative estimate of drug-likeness (QED) is 0.750. The van der Waals surface area contributed by atoms with E-state index in [1.807, 2.05) is 23.9 Å². The summed E-state index contributed by atoms with van der Waals surface area (Å²) in [5.74, 6) is 1.82. The highest BCUT2D eigenvalue weighted by atomic mass is 15.3. The van der Waals surface area contributed by atoms with Gasteiger partial charge in [0.25, 0.3) is 0 Å². The van der Waals surface area contributed by atoms with E-state index in [0.29, 0.717) is 6.54 Å². The largest absolute Gasteiger partial charge is 0.352 e. The van der Waals surface area contributed by atoms with Gasteiger partial charge in [-0.3, -0.25) is 0 Å². The molecule has 0 aliphatic carbocycles. The third-order valence-electron chi connectivity index (χ3n) is 2.50. The second-order valence-corrected chi connectivity index (χ2v) is 3.72. The van der Waals surface area contributed by atoms with Crippen molar-refractivity contribution in [2.24, 2.45) is 7.05 Å². The number of anilines is 1. The minimum absolute atomic E-state index is 0.709. The highest BCUT2D eigenvalue weighted by molar-refractivity contribution is 5.26. The van der Waals surface area contributed by atoms with Crippen LogP contribution in [0, 0.1) is 0 Å². The van der Waals surface area contributed by atoms with Crippen LogP contribution < -0.4 is 5.32 Å². The van der Waals surface area contributed by atoms with Gasteiger partial charge >= 0.3 is 0 Å². The molecule has 0 bridgehead atoms. The minimum Gasteiger partial charge on any atom is -0.352 e. The first-order valence-corrected chi connectivity index (χ1v) is 5.50. The number of hydrogen-bond donors (Lipinski definition) is 1. The first-order valence-electron chi connectivity index (χ1n) is 5.50. The van der Waals surface area contributed by atoms with Crippen LogP contribution in [0.15, 0.2) is 31.4 Å². The smallest absolute Gasteiger partial charge is 0.203 e. The minimum atomic E-state index is 0.709. The van der Waals surface area contributed by atoms with Crippen LogP contribution in [0.25, 0.3) is 0 Å². The van der Waals surface area contributed by atoms with Crippen LogP contribution in [0.1, 0.15) is 5.82 Å². The van der Waals surface area contributed by atoms with Crippen LogP contribution >= 0.6 is 0 Å². The zero-order valence-corrected chi connectivity index (χ0v) is 9.87. The van der Waals surface area contributed by atoms with Gasteiger partial charge in [0.1, 0.15) is 12.2 Å². The summed E-state index contributed by atoms with van der Waals surface area (Å²) in [7, 11) is 1.94. The Balaban J connectivity index is 1.97. The topological polar surface area (TPSA) is 60.6 Å². The summed E-state index contributed by atoms with van der Waals surface area (Å²) in [5.41, 5.74) is 0. The lowest BCUT2D eigenvalue weighted by atomic mass is 10.4. The van der Waals surface area contributed by atoms with Crippen molar-refractivity contribution in [2.45, 2.75) is 13.0 Å². The second-order valence-electron chi connectivity index (χ2n) is 3.72. The molecule has 17 heavy (non-hydrogen) atoms. The zero-order valence-electron chi connectivity index (χ0n) is 9.87. The van der Waals surface area contributed by atoms with Gasteiger partial charge in [-0.25, -0.2) is 4.98 Å². The molecule has 0 saturated heterocycles. The average Bonchev–Trinajstić information content (AvgIpc) is 2.93. The van der Waals surface area contributed by atoms with E-state index in [1.54, 1.807) is 12.5 Å². The first kappa shape index (κ1) is 11.4. The molecule has 2 heterocycles. The molecular formula is C11H16N6. The van der Waals surface area contributed by atoms with Gasteiger partial charge in [0, 0.05) is 39.0 Å². The maximum Gasteiger partial charge on any atom is 0.203 e. The first-order chi connectivity index (χ1) is 8.31. The average molecular weight is 232 g/mol. The molecule has 90 valence electrons. The molecule has 1 N–H and O–H groups in total. The normalized spacial score (nSPS) is 10.4. The lowest BCUT2D eigenvalue weighted by Gasteiger charge is -2.07. The number of aryl methyl sites for hydroxylation is 3. The van der Waals surface area contributed by atoms with Crippen molar-refractivity contribution in [2.75, 3.05) is 11.9 Å². The standard InChI is InChI=1S/C11H16N6/c1-3-5-12-11-13-6-8-17(11)7-4-10-15-14-9-16(10)2/h3,6,8-9H,1,4-5,7H2,2H3,(H,12,13). The Bertz CT molecular complexity index is 484. The second kappa shape index (κ2) is 5.29. The van der Waals surface area contributed by atoms with Gasteiger partial charge in [0.15, 0.2) is 0 Å². The van der Waals surface area contributed by atoms with Gasteiger partial charge in [0.05, 0.1) is 0 Å². The summed E-state index contributed by atoms with van der Waals surface area (Å²) in [6, 6.07) is 0. The van der Waals surface area contributed by atoms with E-state index in [2.05, 4.69) is 31.6 Å². The Hall–Kier alpha value is -2.11. The van der Waals surface area contributed by atoms with E-state index >= 15 is 0 Å². The highest BCUT2D eigenvalue weighted by Gasteiger charge is 2.04. The van der Waals surface area contributed by atoms with Gasteiger partial charge in [-0.05, 0) is 0 Å². The monoisotopic (exact) mass is 232 g/mol. The van der Waals surface area contributed by atoms with E-state index in [1.165, 1.54) is 0 Å². The number of aromatic nitrogens is 5. The third-order valence-corrected chi connectivity index (χ3v) is 2.50. The molecule has 0 aliphatic rings. The summed E-state index contributed by atoms with van der Waals surface area (Å²) >= 11 is 0. The van der Waals surface area contributed by atoms with Crippen LogP contribution in [0.4, 0.5) is 5.95 Å². The fourth-order valence-electron chi connectivity index (χ4n) is 1.57. The molecule has 6 heteroatoms. The van der Waals surface area contributed by atoms with E-state index in [4.69, 9.17) is 0 Å². The van der Waals surface area contributed by atoms with Crippen molar-refractivity contribution >= 4 is 5.95 Å². The van der Waals surface area contributed by atoms with Gasteiger partial charge < -0.3 is 14.5 Å². The molecule has 2 aromatic heterocycles. The molecule has 0 saturated carbocycles. The van der Waals surface area contributed by atoms with Crippen molar-refractivity contribution in [3.8, 4) is 0 Å². The van der Waals surface area contributed by atoms with Crippen LogP contribution in [-0.2, 0) is 20.0 Å². The van der Waals surface area contributed by atoms with Crippen LogP contribution in [-0.4, -0.2) is 30.9 Å². The van der Waals surface area contributed by atoms with Crippen LogP contribution in [0.5, 0.6) is 0 Å². The molecular weight excluding hydrogens is 216 g/mol. The Labute approximate surface area is 100 Å². The van der Waals surface area contributed by atoms with Gasteiger partial charge in [0.2, 0.25) is 5.95 Å². The summed E-state index contributed by atoms with van der Waals surface area (Å²) in [6.45, 7) is 5.20. The Morgan fingerprint density at radius 1 is 1.53 bits per heavy atom. The Kier molecular flexibility index (Phi) is 3.54. The number of hydrogen-bond acceptors (Lipinski definition) is 4. The molecule has 0 radical (unpaired) electrons. The lowest BCUT2D eigenvalue weighted by Crippen LogP contribution is -2.10. The third kappa shape index (κ3) is 2.72. The van der Waals surface area contributed by atoms with Gasteiger partial charge in [-0.2, -0.15) is 0 Å². The van der Waals surface area contributed by atoms with Crippen molar-refractivity contribution < 1.29 is 0 Å². The molecule has 0 unspecified atom stereocenters. The maximum atomic E-state index is 4.24. The van der Waals surface area contributed by atoms with Crippen molar-refractivity contribution in [1.82, 2.24) is 24.3 Å². The molecule has 2 aromatic rings. The molecule has 0 amide bonds. The van der Waals surface area contributed by atoms with Gasteiger partial charge in [-0.1, -0.05) is 6.08 Å². The lowest BCUT2D eigenvalue weighted by molar-refractivity contribution is 0.653. The molecule has 6 nitrogen and oxygen atoms in total. The number of rotatable bonds is 6. The van der Waals surface area contributed by atoms with Gasteiger partial charge in [-0.15, -0.1) is 16.8 Å². The van der Waals surface area contributed by atoms with Crippen LogP contribution in [0.3, 0.4) is 0 Å². The van der Waals surface area contributed by atoms with Crippen LogP contribution in [0.2, 0.25) is 0 Å². The summed E-state index contributed by atoms with van der Waals surface area (Å²) in [4.78, 5) is 4.24. The Morgan fingerprint density at radius 3 is 3.12 bits per heavy atom. The highest BCUT2D eigenvalue weighted by Crippen LogP contribution is 2.05. The maximum absolute atomic E-state index is 4.24. The van der Waals surface area contributed by atoms with E-state index < -0.39 is 0 Å². The van der Waals surface area contributed by atoms with Crippen molar-refractivity contribution in [3.63, 3.8) is 0 Å². The van der Waals surface area contributed by atoms with Crippen molar-refractivity contribution in [1.29, 1.82) is 0 Å². The number of nitrogens with one attached hydrogen (secondary N) is 1. The SMILES string of the molecule is C=CCNc1nccn1CCc1nncn1C. The molecule has 0 aromatic carbocycles. The fourth-order valence-corrected chi connectivity index (χ4v) is 1.57. The summed E-state index contributed by atoms with van der Waals surface area (Å²) < 4.78 is 3.98. The Morgan fingerprint density at radius 2 is 2.41 bits per heavy atom. The summed E-state index contributed by atoms with van der Waals surface area (Å²) in [6.07, 6.45) is 8.07. The van der Waals surface area contributed by atoms with E-state index in [9.17, 15) is 0 Å².